The molecule has 26 aromatic carbocycles. The quantitative estimate of drug-likeness (QED) is 0.0897. The number of benzene rings is 26. The minimum absolute atomic E-state index is 1.08. The molecule has 0 unspecified atom stereocenters. The Kier molecular flexibility index (Phi) is 20.9. The fourth-order valence-corrected chi connectivity index (χ4v) is 22.8. The van der Waals surface area contributed by atoms with E-state index in [-0.39, 0.29) is 0 Å². The molecule has 0 spiro atoms. The largest absolute Gasteiger partial charge is 0.311 e. The van der Waals surface area contributed by atoms with Crippen LogP contribution in [0, 0.1) is 0 Å². The molecular weight excluding hydrogens is 1740 g/mol. The van der Waals surface area contributed by atoms with E-state index in [1.807, 2.05) is 0 Å². The second kappa shape index (κ2) is 35.8. The normalized spacial score (nSPS) is 11.6. The molecule has 672 valence electrons. The number of aromatic nitrogens is 2. The Bertz CT molecular complexity index is 9460. The van der Waals surface area contributed by atoms with Crippen molar-refractivity contribution in [3.8, 4) is 100 Å². The van der Waals surface area contributed by atoms with Crippen LogP contribution < -0.4 is 9.80 Å². The average molecular weight is 1830 g/mol. The summed E-state index contributed by atoms with van der Waals surface area (Å²) in [5.74, 6) is 0. The van der Waals surface area contributed by atoms with Crippen LogP contribution in [-0.4, -0.2) is 9.13 Å². The van der Waals surface area contributed by atoms with Crippen LogP contribution in [-0.2, 0) is 0 Å². The van der Waals surface area contributed by atoms with Crippen molar-refractivity contribution in [3.63, 3.8) is 0 Å². The molecule has 0 saturated heterocycles. The Balaban J connectivity index is 0.000000143. The number of rotatable bonds is 16. The number of fused-ring (bicyclic) bond motifs is 14. The summed E-state index contributed by atoms with van der Waals surface area (Å²) in [4.78, 5) is 4.72. The summed E-state index contributed by atoms with van der Waals surface area (Å²) >= 11 is 0. The topological polar surface area (TPSA) is 16.3 Å². The van der Waals surface area contributed by atoms with Gasteiger partial charge in [-0.1, -0.05) is 400 Å². The van der Waals surface area contributed by atoms with Crippen molar-refractivity contribution in [1.29, 1.82) is 0 Å². The first kappa shape index (κ1) is 84.3. The average Bonchev–Trinajstić information content (AvgIpc) is 1.27. The third kappa shape index (κ3) is 14.9. The van der Waals surface area contributed by atoms with E-state index in [9.17, 15) is 0 Å². The number of nitrogens with zero attached hydrogens (tertiary/aromatic N) is 4. The molecule has 0 N–H and O–H groups in total. The van der Waals surface area contributed by atoms with Crippen LogP contribution in [0.2, 0.25) is 0 Å². The molecule has 0 atom stereocenters. The van der Waals surface area contributed by atoms with Crippen molar-refractivity contribution in [2.75, 3.05) is 9.80 Å². The number of hydrogen-bond acceptors (Lipinski definition) is 2. The maximum Gasteiger partial charge on any atom is 0.0541 e. The van der Waals surface area contributed by atoms with E-state index in [2.05, 4.69) is 577 Å². The standard InChI is InChI=1S/2C70H46N2/c1-3-19-49(20-4-1)69-61-27-11-13-29-63(61)70(64-30-14-12-28-62(64)69)50-33-37-54(38-34-50)71(53-23-5-2-6-24-53)55-39-41-56(42-40-55)72-67-43-35-51(59-31-15-21-47-17-7-9-25-57(47)59)45-65(67)66-46-52(36-44-68(66)72)60-32-16-22-48-18-8-10-26-58(48)60;1-3-17-49(18-4-1)69-61-23-11-13-25-63(61)70(64-26-14-12-24-62(64)69)50-31-35-58(36-32-50)71(57-21-5-2-6-22-57)59-37-39-60(40-38-59)72-67-41-33-55(53-29-27-47-15-7-9-19-51(47)43-53)45-65(67)66-46-56(34-42-68(66)72)54-30-28-48-16-8-10-20-52(48)44-54/h2*1-46H. The number of hydrogen-bond donors (Lipinski definition) is 0. The highest BCUT2D eigenvalue weighted by Gasteiger charge is 2.26. The van der Waals surface area contributed by atoms with E-state index in [0.717, 1.165) is 45.5 Å². The molecule has 0 saturated carbocycles. The van der Waals surface area contributed by atoms with Gasteiger partial charge in [0.05, 0.1) is 22.1 Å². The van der Waals surface area contributed by atoms with Crippen molar-refractivity contribution >= 4 is 164 Å². The van der Waals surface area contributed by atoms with Gasteiger partial charge in [-0.25, -0.2) is 0 Å². The van der Waals surface area contributed by atoms with Crippen LogP contribution in [0.1, 0.15) is 0 Å². The molecule has 0 amide bonds. The minimum Gasteiger partial charge on any atom is -0.311 e. The number of anilines is 6. The van der Waals surface area contributed by atoms with Gasteiger partial charge in [0.25, 0.3) is 0 Å². The van der Waals surface area contributed by atoms with Crippen LogP contribution in [0.3, 0.4) is 0 Å². The van der Waals surface area contributed by atoms with Crippen LogP contribution in [0.25, 0.3) is 230 Å². The first-order valence-electron chi connectivity index (χ1n) is 49.6. The molecule has 0 aliphatic rings. The van der Waals surface area contributed by atoms with E-state index in [1.54, 1.807) is 0 Å². The second-order valence-corrected chi connectivity index (χ2v) is 37.7. The van der Waals surface area contributed by atoms with Crippen molar-refractivity contribution in [3.05, 3.63) is 558 Å². The predicted octanol–water partition coefficient (Wildman–Crippen LogP) is 39.1. The maximum absolute atomic E-state index is 2.44. The Morgan fingerprint density at radius 3 is 0.653 bits per heavy atom. The first-order valence-corrected chi connectivity index (χ1v) is 49.6. The summed E-state index contributed by atoms with van der Waals surface area (Å²) in [5, 5.41) is 24.9. The molecule has 0 aliphatic heterocycles. The molecule has 0 bridgehead atoms. The van der Waals surface area contributed by atoms with Gasteiger partial charge in [0.1, 0.15) is 0 Å². The molecule has 28 aromatic rings. The highest BCUT2D eigenvalue weighted by atomic mass is 15.1. The monoisotopic (exact) mass is 1830 g/mol. The van der Waals surface area contributed by atoms with Gasteiger partial charge in [0.15, 0.2) is 0 Å². The van der Waals surface area contributed by atoms with E-state index in [4.69, 9.17) is 0 Å². The van der Waals surface area contributed by atoms with Crippen molar-refractivity contribution in [2.24, 2.45) is 0 Å². The van der Waals surface area contributed by atoms with Gasteiger partial charge >= 0.3 is 0 Å². The summed E-state index contributed by atoms with van der Waals surface area (Å²) in [6.45, 7) is 0. The minimum atomic E-state index is 1.08. The maximum atomic E-state index is 2.44. The van der Waals surface area contributed by atoms with E-state index in [0.29, 0.717) is 0 Å². The molecule has 144 heavy (non-hydrogen) atoms. The lowest BCUT2D eigenvalue weighted by Gasteiger charge is -2.26. The fourth-order valence-electron chi connectivity index (χ4n) is 22.8. The zero-order valence-corrected chi connectivity index (χ0v) is 78.9. The SMILES string of the molecule is c1ccc(-c2c3ccccc3c(-c3ccc(N(c4ccccc4)c4ccc(-n5c6ccc(-c7ccc8ccccc8c7)cc6c6cc(-c7ccc8ccccc8c7)ccc65)cc4)cc3)c3ccccc23)cc1.c1ccc(-c2c3ccccc3c(-c3ccc(N(c4ccccc4)c4ccc(-n5c6ccc(-c7cccc8ccccc78)cc6c6cc(-c7cccc8ccccc78)ccc65)cc4)cc3)c3ccccc23)cc1. The van der Waals surface area contributed by atoms with Gasteiger partial charge in [-0.05, 0) is 333 Å². The van der Waals surface area contributed by atoms with Gasteiger partial charge in [0.2, 0.25) is 0 Å². The van der Waals surface area contributed by atoms with Crippen LogP contribution in [0.15, 0.2) is 558 Å². The Morgan fingerprint density at radius 1 is 0.118 bits per heavy atom. The molecule has 0 radical (unpaired) electrons. The van der Waals surface area contributed by atoms with Crippen LogP contribution >= 0.6 is 0 Å². The zero-order valence-electron chi connectivity index (χ0n) is 78.9. The molecule has 2 aromatic heterocycles. The van der Waals surface area contributed by atoms with Crippen molar-refractivity contribution in [1.82, 2.24) is 9.13 Å². The first-order chi connectivity index (χ1) is 71.4. The van der Waals surface area contributed by atoms with E-state index < -0.39 is 0 Å². The third-order valence-electron chi connectivity index (χ3n) is 29.5. The van der Waals surface area contributed by atoms with Crippen LogP contribution in [0.4, 0.5) is 34.1 Å². The summed E-state index contributed by atoms with van der Waals surface area (Å²) in [6, 6.07) is 204. The fraction of sp³-hybridized carbons (Fsp3) is 0. The van der Waals surface area contributed by atoms with E-state index >= 15 is 0 Å². The molecule has 28 rings (SSSR count). The molecule has 0 fully saturated rings. The lowest BCUT2D eigenvalue weighted by atomic mass is 9.86. The Morgan fingerprint density at radius 2 is 0.333 bits per heavy atom. The van der Waals surface area contributed by atoms with Crippen molar-refractivity contribution in [2.45, 2.75) is 0 Å². The third-order valence-corrected chi connectivity index (χ3v) is 29.5. The summed E-state index contributed by atoms with van der Waals surface area (Å²) < 4.78 is 4.87. The van der Waals surface area contributed by atoms with Gasteiger partial charge in [-0.3, -0.25) is 0 Å². The van der Waals surface area contributed by atoms with Gasteiger partial charge < -0.3 is 18.9 Å². The number of para-hydroxylation sites is 2. The van der Waals surface area contributed by atoms with Crippen molar-refractivity contribution < 1.29 is 0 Å². The summed E-state index contributed by atoms with van der Waals surface area (Å²) in [5.41, 5.74) is 33.0. The second-order valence-electron chi connectivity index (χ2n) is 37.7. The predicted molar refractivity (Wildman–Crippen MR) is 614 cm³/mol. The zero-order chi connectivity index (χ0) is 95.1. The van der Waals surface area contributed by atoms with Gasteiger partial charge in [0, 0.05) is 67.0 Å². The van der Waals surface area contributed by atoms with E-state index in [1.165, 1.54) is 219 Å². The molecule has 4 heteroatoms. The Labute approximate surface area is 835 Å². The van der Waals surface area contributed by atoms with Gasteiger partial charge in [-0.15, -0.1) is 0 Å². The highest BCUT2D eigenvalue weighted by Crippen LogP contribution is 2.51. The molecular formula is C140H92N4. The summed E-state index contributed by atoms with van der Waals surface area (Å²) in [7, 11) is 0. The molecule has 2 heterocycles. The lowest BCUT2D eigenvalue weighted by molar-refractivity contribution is 1.17. The summed E-state index contributed by atoms with van der Waals surface area (Å²) in [6.07, 6.45) is 0. The smallest absolute Gasteiger partial charge is 0.0541 e. The molecule has 4 nitrogen and oxygen atoms in total. The Hall–Kier alpha value is -19.0. The highest BCUT2D eigenvalue weighted by molar-refractivity contribution is 6.24. The van der Waals surface area contributed by atoms with Crippen LogP contribution in [0.5, 0.6) is 0 Å². The van der Waals surface area contributed by atoms with Gasteiger partial charge in [-0.2, -0.15) is 0 Å². The molecule has 0 aliphatic carbocycles. The lowest BCUT2D eigenvalue weighted by Crippen LogP contribution is -2.10.